The van der Waals surface area contributed by atoms with E-state index in [9.17, 15) is 9.59 Å². The Morgan fingerprint density at radius 3 is 2.31 bits per heavy atom. The molecular weight excluding hydrogens is 424 g/mol. The van der Waals surface area contributed by atoms with Crippen molar-refractivity contribution in [2.45, 2.75) is 13.5 Å². The maximum Gasteiger partial charge on any atom is 0.352 e. The zero-order valence-electron chi connectivity index (χ0n) is 17.6. The molecule has 32 heavy (non-hydrogen) atoms. The molecule has 3 aromatic carbocycles. The fourth-order valence-electron chi connectivity index (χ4n) is 3.20. The first-order chi connectivity index (χ1) is 15.7. The van der Waals surface area contributed by atoms with Gasteiger partial charge in [0.05, 0.1) is 6.61 Å². The number of thiophene rings is 1. The summed E-state index contributed by atoms with van der Waals surface area (Å²) >= 11 is 1.30. The summed E-state index contributed by atoms with van der Waals surface area (Å²) in [6, 6.07) is 24.4. The Morgan fingerprint density at radius 2 is 1.56 bits per heavy atom. The number of benzene rings is 3. The number of esters is 1. The normalized spacial score (nSPS) is 10.7. The van der Waals surface area contributed by atoms with Crippen molar-refractivity contribution in [1.29, 1.82) is 0 Å². The summed E-state index contributed by atoms with van der Waals surface area (Å²) in [4.78, 5) is 25.4. The first-order valence-electron chi connectivity index (χ1n) is 10.3. The molecule has 4 rings (SSSR count). The molecule has 1 heterocycles. The maximum absolute atomic E-state index is 12.7. The molecule has 0 saturated carbocycles. The SMILES string of the molecule is CCOC(=O)c1sc2ccccc2c1OCC(=O)c1ccc(OCc2ccccc2)cc1. The van der Waals surface area contributed by atoms with Crippen LogP contribution in [0.25, 0.3) is 10.1 Å². The van der Waals surface area contributed by atoms with Crippen LogP contribution < -0.4 is 9.47 Å². The highest BCUT2D eigenvalue weighted by atomic mass is 32.1. The van der Waals surface area contributed by atoms with Gasteiger partial charge in [-0.3, -0.25) is 4.79 Å². The fraction of sp³-hybridized carbons (Fsp3) is 0.154. The molecule has 0 fully saturated rings. The zero-order chi connectivity index (χ0) is 22.3. The second-order valence-electron chi connectivity index (χ2n) is 6.99. The molecular formula is C26H22O5S. The molecule has 0 saturated heterocycles. The molecule has 1 aromatic heterocycles. The maximum atomic E-state index is 12.7. The molecule has 0 spiro atoms. The van der Waals surface area contributed by atoms with Crippen LogP contribution in [-0.2, 0) is 11.3 Å². The molecule has 6 heteroatoms. The number of carbonyl (C=O) groups excluding carboxylic acids is 2. The Kier molecular flexibility index (Phi) is 6.82. The van der Waals surface area contributed by atoms with Gasteiger partial charge >= 0.3 is 5.97 Å². The highest BCUT2D eigenvalue weighted by Crippen LogP contribution is 2.38. The summed E-state index contributed by atoms with van der Waals surface area (Å²) in [5, 5.41) is 0.790. The fourth-order valence-corrected chi connectivity index (χ4v) is 4.24. The highest BCUT2D eigenvalue weighted by molar-refractivity contribution is 7.21. The van der Waals surface area contributed by atoms with Gasteiger partial charge in [0.15, 0.2) is 23.0 Å². The van der Waals surface area contributed by atoms with Crippen LogP contribution in [0.2, 0.25) is 0 Å². The van der Waals surface area contributed by atoms with Crippen LogP contribution >= 0.6 is 11.3 Å². The van der Waals surface area contributed by atoms with E-state index in [2.05, 4.69) is 0 Å². The lowest BCUT2D eigenvalue weighted by molar-refractivity contribution is 0.0526. The van der Waals surface area contributed by atoms with E-state index >= 15 is 0 Å². The van der Waals surface area contributed by atoms with Gasteiger partial charge in [-0.2, -0.15) is 0 Å². The lowest BCUT2D eigenvalue weighted by Crippen LogP contribution is -2.13. The number of fused-ring (bicyclic) bond motifs is 1. The number of ether oxygens (including phenoxy) is 3. The third kappa shape index (κ3) is 4.98. The topological polar surface area (TPSA) is 61.8 Å². The van der Waals surface area contributed by atoms with E-state index in [-0.39, 0.29) is 19.0 Å². The van der Waals surface area contributed by atoms with Gasteiger partial charge in [0.2, 0.25) is 0 Å². The number of hydrogen-bond donors (Lipinski definition) is 0. The molecule has 0 atom stereocenters. The van der Waals surface area contributed by atoms with Gasteiger partial charge in [-0.25, -0.2) is 4.79 Å². The van der Waals surface area contributed by atoms with Crippen molar-refractivity contribution in [2.75, 3.05) is 13.2 Å². The van der Waals surface area contributed by atoms with Gasteiger partial charge in [-0.15, -0.1) is 11.3 Å². The molecule has 4 aromatic rings. The van der Waals surface area contributed by atoms with Crippen molar-refractivity contribution in [2.24, 2.45) is 0 Å². The van der Waals surface area contributed by atoms with Crippen LogP contribution in [0, 0.1) is 0 Å². The van der Waals surface area contributed by atoms with Crippen LogP contribution in [-0.4, -0.2) is 25.0 Å². The number of hydrogen-bond acceptors (Lipinski definition) is 6. The van der Waals surface area contributed by atoms with Crippen molar-refractivity contribution in [3.05, 3.63) is 94.9 Å². The van der Waals surface area contributed by atoms with E-state index in [4.69, 9.17) is 14.2 Å². The Labute approximate surface area is 190 Å². The largest absolute Gasteiger partial charge is 0.489 e. The lowest BCUT2D eigenvalue weighted by Gasteiger charge is -2.09. The summed E-state index contributed by atoms with van der Waals surface area (Å²) in [7, 11) is 0. The Balaban J connectivity index is 1.43. The number of rotatable bonds is 9. The van der Waals surface area contributed by atoms with Crippen LogP contribution in [0.1, 0.15) is 32.5 Å². The highest BCUT2D eigenvalue weighted by Gasteiger charge is 2.22. The second-order valence-corrected chi connectivity index (χ2v) is 8.04. The summed E-state index contributed by atoms with van der Waals surface area (Å²) in [6.07, 6.45) is 0. The smallest absolute Gasteiger partial charge is 0.352 e. The molecule has 0 aliphatic rings. The van der Waals surface area contributed by atoms with E-state index in [0.717, 1.165) is 15.6 Å². The van der Waals surface area contributed by atoms with Gasteiger partial charge in [0, 0.05) is 15.6 Å². The molecule has 0 unspecified atom stereocenters. The Morgan fingerprint density at radius 1 is 0.844 bits per heavy atom. The van der Waals surface area contributed by atoms with Gasteiger partial charge in [-0.05, 0) is 48.9 Å². The first kappa shape index (κ1) is 21.6. The summed E-state index contributed by atoms with van der Waals surface area (Å²) in [5.41, 5.74) is 1.58. The molecule has 0 aliphatic carbocycles. The minimum atomic E-state index is -0.448. The van der Waals surface area contributed by atoms with Crippen molar-refractivity contribution in [3.63, 3.8) is 0 Å². The van der Waals surface area contributed by atoms with E-state index in [1.807, 2.05) is 54.6 Å². The van der Waals surface area contributed by atoms with Crippen molar-refractivity contribution in [3.8, 4) is 11.5 Å². The molecule has 0 N–H and O–H groups in total. The van der Waals surface area contributed by atoms with E-state index in [0.29, 0.717) is 28.5 Å². The Hall–Kier alpha value is -3.64. The quantitative estimate of drug-likeness (QED) is 0.236. The monoisotopic (exact) mass is 446 g/mol. The van der Waals surface area contributed by atoms with Crippen LogP contribution in [0.3, 0.4) is 0 Å². The summed E-state index contributed by atoms with van der Waals surface area (Å²) in [6.45, 7) is 2.29. The third-order valence-corrected chi connectivity index (χ3v) is 5.92. The second kappa shape index (κ2) is 10.1. The summed E-state index contributed by atoms with van der Waals surface area (Å²) in [5.74, 6) is 0.431. The van der Waals surface area contributed by atoms with Gasteiger partial charge < -0.3 is 14.2 Å². The van der Waals surface area contributed by atoms with Crippen LogP contribution in [0.5, 0.6) is 11.5 Å². The molecule has 0 aliphatic heterocycles. The average molecular weight is 447 g/mol. The summed E-state index contributed by atoms with van der Waals surface area (Å²) < 4.78 is 17.7. The number of Topliss-reactive ketones (excluding diaryl/α,β-unsaturated/α-hetero) is 1. The Bertz CT molecular complexity index is 1210. The van der Waals surface area contributed by atoms with E-state index in [1.54, 1.807) is 31.2 Å². The average Bonchev–Trinajstić information content (AvgIpc) is 3.21. The van der Waals surface area contributed by atoms with Gasteiger partial charge in [-0.1, -0.05) is 42.5 Å². The minimum absolute atomic E-state index is 0.183. The molecule has 0 amide bonds. The van der Waals surface area contributed by atoms with Crippen LogP contribution in [0.4, 0.5) is 0 Å². The van der Waals surface area contributed by atoms with E-state index in [1.165, 1.54) is 11.3 Å². The number of ketones is 1. The first-order valence-corrected chi connectivity index (χ1v) is 11.1. The minimum Gasteiger partial charge on any atom is -0.489 e. The lowest BCUT2D eigenvalue weighted by atomic mass is 10.1. The molecule has 0 radical (unpaired) electrons. The van der Waals surface area contributed by atoms with Crippen molar-refractivity contribution >= 4 is 33.2 Å². The van der Waals surface area contributed by atoms with Gasteiger partial charge in [0.1, 0.15) is 12.4 Å². The third-order valence-electron chi connectivity index (χ3n) is 4.78. The molecule has 162 valence electrons. The zero-order valence-corrected chi connectivity index (χ0v) is 18.4. The molecule has 5 nitrogen and oxygen atoms in total. The number of carbonyl (C=O) groups is 2. The molecule has 0 bridgehead atoms. The van der Waals surface area contributed by atoms with Crippen molar-refractivity contribution in [1.82, 2.24) is 0 Å². The van der Waals surface area contributed by atoms with Crippen molar-refractivity contribution < 1.29 is 23.8 Å². The predicted octanol–water partition coefficient (Wildman–Crippen LogP) is 5.92. The van der Waals surface area contributed by atoms with E-state index < -0.39 is 5.97 Å². The van der Waals surface area contributed by atoms with Gasteiger partial charge in [0.25, 0.3) is 0 Å². The van der Waals surface area contributed by atoms with Crippen LogP contribution in [0.15, 0.2) is 78.9 Å². The predicted molar refractivity (Wildman–Crippen MR) is 125 cm³/mol. The standard InChI is InChI=1S/C26H22O5S/c1-2-29-26(28)25-24(21-10-6-7-11-23(21)32-25)31-17-22(27)19-12-14-20(15-13-19)30-16-18-8-4-3-5-9-18/h3-15H,2,16-17H2,1H3.